The molecular formula is C14H21ClN4O3. The summed E-state index contributed by atoms with van der Waals surface area (Å²) in [7, 11) is 0. The number of anilines is 1. The summed E-state index contributed by atoms with van der Waals surface area (Å²) in [5, 5.41) is 20.4. The summed E-state index contributed by atoms with van der Waals surface area (Å²) in [6.45, 7) is 6.47. The normalized spacial score (nSPS) is 19.0. The minimum Gasteiger partial charge on any atom is -0.450 e. The highest BCUT2D eigenvalue weighted by molar-refractivity contribution is 6.30. The molecule has 1 aromatic rings. The Balaban J connectivity index is 1.90. The van der Waals surface area contributed by atoms with E-state index in [2.05, 4.69) is 25.2 Å². The van der Waals surface area contributed by atoms with Crippen molar-refractivity contribution in [3.05, 3.63) is 16.3 Å². The Labute approximate surface area is 134 Å². The average molecular weight is 329 g/mol. The summed E-state index contributed by atoms with van der Waals surface area (Å²) in [6.07, 6.45) is 0.859. The van der Waals surface area contributed by atoms with Gasteiger partial charge < -0.3 is 15.2 Å². The van der Waals surface area contributed by atoms with Gasteiger partial charge in [-0.2, -0.15) is 0 Å². The molecule has 1 aliphatic heterocycles. The number of carbonyl (C=O) groups is 1. The van der Waals surface area contributed by atoms with Crippen LogP contribution < -0.4 is 5.32 Å². The fourth-order valence-electron chi connectivity index (χ4n) is 2.55. The zero-order valence-electron chi connectivity index (χ0n) is 12.8. The maximum atomic E-state index is 10.4. The van der Waals surface area contributed by atoms with E-state index < -0.39 is 6.16 Å². The lowest BCUT2D eigenvalue weighted by atomic mass is 10.1. The van der Waals surface area contributed by atoms with Gasteiger partial charge in [-0.05, 0) is 44.4 Å². The number of piperidine rings is 1. The predicted octanol–water partition coefficient (Wildman–Crippen LogP) is 2.32. The highest BCUT2D eigenvalue weighted by Crippen LogP contribution is 2.22. The number of nitrogens with one attached hydrogen (secondary N) is 1. The fourth-order valence-corrected chi connectivity index (χ4v) is 2.72. The van der Waals surface area contributed by atoms with Crippen LogP contribution in [0.5, 0.6) is 0 Å². The summed E-state index contributed by atoms with van der Waals surface area (Å²) in [6, 6.07) is 0.257. The summed E-state index contributed by atoms with van der Waals surface area (Å²) in [5.74, 6) is 0.760. The molecule has 0 aromatic carbocycles. The lowest BCUT2D eigenvalue weighted by Gasteiger charge is -2.33. The van der Waals surface area contributed by atoms with Gasteiger partial charge in [-0.15, -0.1) is 10.2 Å². The van der Waals surface area contributed by atoms with Crippen LogP contribution in [-0.4, -0.2) is 58.6 Å². The SMILES string of the molecule is Cc1c(Cl)nnc(N[C@@H]2CCCN(CCOC(=O)O)C2)c1C. The van der Waals surface area contributed by atoms with Gasteiger partial charge in [0.25, 0.3) is 0 Å². The van der Waals surface area contributed by atoms with Gasteiger partial charge in [-0.1, -0.05) is 11.6 Å². The van der Waals surface area contributed by atoms with Crippen LogP contribution in [0.4, 0.5) is 10.6 Å². The van der Waals surface area contributed by atoms with Crippen molar-refractivity contribution in [3.63, 3.8) is 0 Å². The Morgan fingerprint density at radius 1 is 1.45 bits per heavy atom. The lowest BCUT2D eigenvalue weighted by molar-refractivity contribution is 0.0765. The zero-order valence-corrected chi connectivity index (χ0v) is 13.6. The van der Waals surface area contributed by atoms with E-state index in [0.29, 0.717) is 11.7 Å². The molecule has 7 nitrogen and oxygen atoms in total. The van der Waals surface area contributed by atoms with Crippen LogP contribution in [0.3, 0.4) is 0 Å². The van der Waals surface area contributed by atoms with Crippen molar-refractivity contribution < 1.29 is 14.6 Å². The first-order valence-corrected chi connectivity index (χ1v) is 7.69. The number of carboxylic acid groups (broad SMARTS) is 1. The number of hydrogen-bond donors (Lipinski definition) is 2. The van der Waals surface area contributed by atoms with Crippen LogP contribution in [0.25, 0.3) is 0 Å². The molecule has 0 unspecified atom stereocenters. The molecular weight excluding hydrogens is 308 g/mol. The third-order valence-electron chi connectivity index (χ3n) is 3.94. The van der Waals surface area contributed by atoms with Gasteiger partial charge in [-0.25, -0.2) is 4.79 Å². The van der Waals surface area contributed by atoms with Crippen molar-refractivity contribution in [2.75, 3.05) is 31.6 Å². The second-order valence-electron chi connectivity index (χ2n) is 5.49. The van der Waals surface area contributed by atoms with E-state index >= 15 is 0 Å². The van der Waals surface area contributed by atoms with Crippen LogP contribution in [0.1, 0.15) is 24.0 Å². The van der Waals surface area contributed by atoms with Gasteiger partial charge in [-0.3, -0.25) is 4.90 Å². The Hall–Kier alpha value is -1.60. The van der Waals surface area contributed by atoms with E-state index in [9.17, 15) is 4.79 Å². The number of likely N-dealkylation sites (tertiary alicyclic amines) is 1. The molecule has 1 fully saturated rings. The summed E-state index contributed by atoms with van der Waals surface area (Å²) in [4.78, 5) is 12.6. The molecule has 1 saturated heterocycles. The maximum absolute atomic E-state index is 10.4. The fraction of sp³-hybridized carbons (Fsp3) is 0.643. The van der Waals surface area contributed by atoms with E-state index in [1.165, 1.54) is 0 Å². The van der Waals surface area contributed by atoms with Crippen molar-refractivity contribution in [3.8, 4) is 0 Å². The Morgan fingerprint density at radius 3 is 2.95 bits per heavy atom. The maximum Gasteiger partial charge on any atom is 0.505 e. The second-order valence-corrected chi connectivity index (χ2v) is 5.85. The molecule has 22 heavy (non-hydrogen) atoms. The van der Waals surface area contributed by atoms with Gasteiger partial charge in [0.2, 0.25) is 0 Å². The van der Waals surface area contributed by atoms with Gasteiger partial charge in [0.05, 0.1) is 0 Å². The monoisotopic (exact) mass is 328 g/mol. The van der Waals surface area contributed by atoms with Crippen molar-refractivity contribution in [2.45, 2.75) is 32.7 Å². The van der Waals surface area contributed by atoms with Gasteiger partial charge >= 0.3 is 6.16 Å². The molecule has 2 N–H and O–H groups in total. The lowest BCUT2D eigenvalue weighted by Crippen LogP contribution is -2.43. The number of nitrogens with zero attached hydrogens (tertiary/aromatic N) is 3. The number of ether oxygens (including phenoxy) is 1. The summed E-state index contributed by atoms with van der Waals surface area (Å²) < 4.78 is 4.56. The van der Waals surface area contributed by atoms with Gasteiger partial charge in [0, 0.05) is 19.1 Å². The molecule has 0 amide bonds. The topological polar surface area (TPSA) is 87.6 Å². The van der Waals surface area contributed by atoms with Crippen molar-refractivity contribution in [1.82, 2.24) is 15.1 Å². The van der Waals surface area contributed by atoms with Crippen LogP contribution in [0.2, 0.25) is 5.15 Å². The van der Waals surface area contributed by atoms with Crippen molar-refractivity contribution in [1.29, 1.82) is 0 Å². The third-order valence-corrected chi connectivity index (χ3v) is 4.30. The highest BCUT2D eigenvalue weighted by atomic mass is 35.5. The molecule has 0 saturated carbocycles. The summed E-state index contributed by atoms with van der Waals surface area (Å²) in [5.41, 5.74) is 1.94. The minimum atomic E-state index is -1.23. The van der Waals surface area contributed by atoms with Gasteiger partial charge in [0.15, 0.2) is 11.0 Å². The molecule has 1 atom stereocenters. The first kappa shape index (κ1) is 16.8. The Morgan fingerprint density at radius 2 is 2.23 bits per heavy atom. The largest absolute Gasteiger partial charge is 0.505 e. The van der Waals surface area contributed by atoms with Crippen LogP contribution in [0.15, 0.2) is 0 Å². The number of halogens is 1. The molecule has 0 radical (unpaired) electrons. The first-order chi connectivity index (χ1) is 10.5. The highest BCUT2D eigenvalue weighted by Gasteiger charge is 2.21. The molecule has 2 rings (SSSR count). The molecule has 1 aromatic heterocycles. The summed E-state index contributed by atoms with van der Waals surface area (Å²) >= 11 is 5.96. The van der Waals surface area contributed by atoms with Crippen molar-refractivity contribution in [2.24, 2.45) is 0 Å². The van der Waals surface area contributed by atoms with Crippen LogP contribution >= 0.6 is 11.6 Å². The van der Waals surface area contributed by atoms with Crippen LogP contribution in [0, 0.1) is 13.8 Å². The van der Waals surface area contributed by atoms with E-state index in [-0.39, 0.29) is 12.6 Å². The third kappa shape index (κ3) is 4.45. The Kier molecular flexibility index (Phi) is 5.79. The molecule has 1 aliphatic rings. The first-order valence-electron chi connectivity index (χ1n) is 7.31. The molecule has 0 aliphatic carbocycles. The number of hydrogen-bond acceptors (Lipinski definition) is 6. The molecule has 8 heteroatoms. The number of aromatic nitrogens is 2. The molecule has 0 spiro atoms. The second kappa shape index (κ2) is 7.60. The minimum absolute atomic E-state index is 0.195. The predicted molar refractivity (Wildman–Crippen MR) is 83.6 cm³/mol. The molecule has 0 bridgehead atoms. The smallest absolute Gasteiger partial charge is 0.450 e. The standard InChI is InChI=1S/C14H21ClN4O3/c1-9-10(2)13(18-17-12(9)15)16-11-4-3-5-19(8-11)6-7-22-14(20)21/h11H,3-8H2,1-2H3,(H,16,18)(H,20,21)/t11-/m1/s1. The van der Waals surface area contributed by atoms with E-state index in [4.69, 9.17) is 16.7 Å². The molecule has 2 heterocycles. The van der Waals surface area contributed by atoms with E-state index in [0.717, 1.165) is 42.9 Å². The van der Waals surface area contributed by atoms with E-state index in [1.54, 1.807) is 0 Å². The average Bonchev–Trinajstić information content (AvgIpc) is 2.48. The van der Waals surface area contributed by atoms with Gasteiger partial charge in [0.1, 0.15) is 6.61 Å². The molecule has 122 valence electrons. The zero-order chi connectivity index (χ0) is 16.1. The van der Waals surface area contributed by atoms with E-state index in [1.807, 2.05) is 13.8 Å². The van der Waals surface area contributed by atoms with Crippen molar-refractivity contribution >= 4 is 23.6 Å². The van der Waals surface area contributed by atoms with Crippen LogP contribution in [-0.2, 0) is 4.74 Å². The Bertz CT molecular complexity index is 541. The quantitative estimate of drug-likeness (QED) is 0.802. The number of rotatable bonds is 5.